The van der Waals surface area contributed by atoms with Crippen molar-refractivity contribution >= 4 is 133 Å². The van der Waals surface area contributed by atoms with E-state index in [-0.39, 0.29) is 35.5 Å². The molecule has 4 amide bonds. The van der Waals surface area contributed by atoms with E-state index < -0.39 is 23.4 Å². The fourth-order valence-corrected chi connectivity index (χ4v) is 17.0. The molecule has 4 aliphatic heterocycles. The standard InChI is InChI=1S/C32H32Br2ClN3O3S.C29H32Br2ClN3O3/c33-23-15-22-4-3-21-16-24(35)17-25(34)28(21)29(30(22)36-18-23)20-7-11-37(12-8-20)27(39)14-19-5-9-38(10-6-19)32(41)31(40)26-2-1-13-42-26;1-17(36)29(38)35-8-4-18(5-9-35)12-25(37)34-10-6-19(7-11-34)27-26-20(14-23(32)15-24(26)31)2-3-21-13-22(30)16-33-28(21)27/h1-2,13,15-20,29H,3-12,14H2;13-16,18-19,27H,2-12H2,1H3/t29-;27-/m11/s1. The van der Waals surface area contributed by atoms with E-state index in [2.05, 4.69) is 88.0 Å². The molecule has 6 aliphatic rings. The average Bonchev–Trinajstić information content (AvgIpc) is 3.88. The number of ketones is 2. The van der Waals surface area contributed by atoms with E-state index in [0.717, 1.165) is 143 Å². The number of piperidine rings is 4. The van der Waals surface area contributed by atoms with E-state index in [0.29, 0.717) is 55.7 Å². The molecule has 2 aromatic carbocycles. The van der Waals surface area contributed by atoms with Gasteiger partial charge in [-0.05, 0) is 214 Å². The van der Waals surface area contributed by atoms with Crippen LogP contribution in [0.25, 0.3) is 0 Å². The molecule has 0 bridgehead atoms. The van der Waals surface area contributed by atoms with E-state index in [4.69, 9.17) is 33.2 Å². The number of nitrogens with zero attached hydrogens (tertiary/aromatic N) is 6. The number of amides is 4. The van der Waals surface area contributed by atoms with E-state index in [1.54, 1.807) is 27.3 Å². The number of carbonyl (C=O) groups excluding carboxylic acids is 6. The number of hydrogen-bond donors (Lipinski definition) is 0. The second-order valence-corrected chi connectivity index (χ2v) is 27.8. The molecule has 0 N–H and O–H groups in total. The third-order valence-corrected chi connectivity index (χ3v) is 21.0. The molecule has 80 heavy (non-hydrogen) atoms. The third-order valence-electron chi connectivity index (χ3n) is 17.5. The number of likely N-dealkylation sites (tertiary alicyclic amines) is 4. The van der Waals surface area contributed by atoms with Crippen LogP contribution in [0.5, 0.6) is 0 Å². The van der Waals surface area contributed by atoms with Crippen molar-refractivity contribution in [1.29, 1.82) is 0 Å². The maximum absolute atomic E-state index is 13.4. The Morgan fingerprint density at radius 2 is 0.938 bits per heavy atom. The molecule has 12 nitrogen and oxygen atoms in total. The molecule has 11 rings (SSSR count). The Morgan fingerprint density at radius 1 is 0.537 bits per heavy atom. The SMILES string of the molecule is CC(=O)C(=O)N1CCC(CC(=O)N2CCC([C@H]3c4ncc(Br)cc4CCc4cc(Cl)cc(Br)c43)CC2)CC1.O=C(C(=O)N1CCC(CC(=O)N2CCC([C@H]3c4ncc(Br)cc4CCc4cc(Cl)cc(Br)c43)CC2)CC1)c1cccs1. The average molecular weight is 1400 g/mol. The number of aryl methyl sites for hydroxylation is 4. The summed E-state index contributed by atoms with van der Waals surface area (Å²) in [6, 6.07) is 16.1. The van der Waals surface area contributed by atoms with Crippen LogP contribution in [0.4, 0.5) is 0 Å². The minimum atomic E-state index is -0.431. The van der Waals surface area contributed by atoms with Crippen molar-refractivity contribution in [3.63, 3.8) is 0 Å². The summed E-state index contributed by atoms with van der Waals surface area (Å²) in [6.45, 7) is 6.44. The normalized spacial score (nSPS) is 20.0. The van der Waals surface area contributed by atoms with Crippen LogP contribution in [0.2, 0.25) is 10.0 Å². The molecule has 2 atom stereocenters. The molecular weight excluding hydrogens is 1340 g/mol. The molecule has 7 heterocycles. The molecule has 0 spiro atoms. The van der Waals surface area contributed by atoms with Gasteiger partial charge < -0.3 is 19.6 Å². The number of hydrogen-bond acceptors (Lipinski definition) is 9. The van der Waals surface area contributed by atoms with Crippen molar-refractivity contribution in [2.24, 2.45) is 23.7 Å². The van der Waals surface area contributed by atoms with Crippen molar-refractivity contribution in [2.45, 2.75) is 109 Å². The van der Waals surface area contributed by atoms with Crippen LogP contribution in [-0.2, 0) is 49.7 Å². The van der Waals surface area contributed by atoms with Crippen LogP contribution < -0.4 is 0 Å². The Balaban J connectivity index is 0.000000181. The number of halogens is 6. The van der Waals surface area contributed by atoms with E-state index in [1.807, 2.05) is 34.3 Å². The lowest BCUT2D eigenvalue weighted by Gasteiger charge is -2.38. The van der Waals surface area contributed by atoms with Crippen molar-refractivity contribution < 1.29 is 28.8 Å². The molecule has 19 heteroatoms. The zero-order chi connectivity index (χ0) is 56.4. The van der Waals surface area contributed by atoms with Gasteiger partial charge in [-0.15, -0.1) is 11.3 Å². The summed E-state index contributed by atoms with van der Waals surface area (Å²) in [5.74, 6) is 0.263. The summed E-state index contributed by atoms with van der Waals surface area (Å²) in [6.07, 6.45) is 15.2. The highest BCUT2D eigenvalue weighted by molar-refractivity contribution is 9.11. The van der Waals surface area contributed by atoms with Gasteiger partial charge in [0.05, 0.1) is 16.3 Å². The Morgan fingerprint density at radius 3 is 1.34 bits per heavy atom. The van der Waals surface area contributed by atoms with E-state index >= 15 is 0 Å². The molecule has 422 valence electrons. The summed E-state index contributed by atoms with van der Waals surface area (Å²) in [7, 11) is 0. The van der Waals surface area contributed by atoms with Crippen LogP contribution in [0.1, 0.15) is 137 Å². The lowest BCUT2D eigenvalue weighted by atomic mass is 9.76. The van der Waals surface area contributed by atoms with Gasteiger partial charge in [0.25, 0.3) is 17.6 Å². The third kappa shape index (κ3) is 13.5. The second kappa shape index (κ2) is 26.4. The van der Waals surface area contributed by atoms with Gasteiger partial charge in [0.15, 0.2) is 0 Å². The summed E-state index contributed by atoms with van der Waals surface area (Å²) >= 11 is 29.1. The number of pyridine rings is 2. The van der Waals surface area contributed by atoms with Crippen LogP contribution in [0, 0.1) is 23.7 Å². The Labute approximate surface area is 516 Å². The van der Waals surface area contributed by atoms with Crippen molar-refractivity contribution in [3.8, 4) is 0 Å². The summed E-state index contributed by atoms with van der Waals surface area (Å²) < 4.78 is 4.06. The first kappa shape index (κ1) is 59.3. The number of rotatable bonds is 9. The first-order chi connectivity index (χ1) is 38.5. The first-order valence-corrected chi connectivity index (χ1v) is 32.8. The highest BCUT2D eigenvalue weighted by Gasteiger charge is 2.40. The van der Waals surface area contributed by atoms with E-state index in [1.165, 1.54) is 51.6 Å². The number of carbonyl (C=O) groups is 6. The number of thiophene rings is 1. The largest absolute Gasteiger partial charge is 0.343 e. The Kier molecular flexibility index (Phi) is 19.6. The molecule has 3 aromatic heterocycles. The molecule has 4 fully saturated rings. The zero-order valence-electron chi connectivity index (χ0n) is 44.7. The molecule has 0 saturated carbocycles. The molecule has 4 saturated heterocycles. The fraction of sp³-hybridized carbons (Fsp3) is 0.475. The minimum absolute atomic E-state index is 0.147. The monoisotopic (exact) mass is 1390 g/mol. The van der Waals surface area contributed by atoms with Gasteiger partial charge in [0.2, 0.25) is 17.6 Å². The number of Topliss-reactive ketones (excluding diaryl/α,β-unsaturated/α-hetero) is 2. The number of benzene rings is 2. The second-order valence-electron chi connectivity index (χ2n) is 22.5. The first-order valence-electron chi connectivity index (χ1n) is 28.0. The number of fused-ring (bicyclic) bond motifs is 4. The fourth-order valence-electron chi connectivity index (χ4n) is 13.3. The highest BCUT2D eigenvalue weighted by atomic mass is 79.9. The topological polar surface area (TPSA) is 141 Å². The van der Waals surface area contributed by atoms with Gasteiger partial charge >= 0.3 is 0 Å². The van der Waals surface area contributed by atoms with Crippen molar-refractivity contribution in [2.75, 3.05) is 52.4 Å². The lowest BCUT2D eigenvalue weighted by molar-refractivity contribution is -0.144. The van der Waals surface area contributed by atoms with Crippen LogP contribution in [0.15, 0.2) is 84.2 Å². The maximum atomic E-state index is 13.4. The summed E-state index contributed by atoms with van der Waals surface area (Å²) in [5.41, 5.74) is 9.96. The number of aromatic nitrogens is 2. The molecule has 0 unspecified atom stereocenters. The van der Waals surface area contributed by atoms with Crippen LogP contribution >= 0.6 is 98.3 Å². The molecular formula is C61H64Br4Cl2N6O6S. The molecule has 5 aromatic rings. The molecule has 2 aliphatic carbocycles. The smallest absolute Gasteiger partial charge is 0.295 e. The Hall–Kier alpha value is -3.84. The van der Waals surface area contributed by atoms with Crippen LogP contribution in [-0.4, -0.2) is 117 Å². The highest BCUT2D eigenvalue weighted by Crippen LogP contribution is 2.48. The van der Waals surface area contributed by atoms with Gasteiger partial charge in [-0.25, -0.2) is 0 Å². The Bertz CT molecular complexity index is 3170. The molecule has 0 radical (unpaired) electrons. The zero-order valence-corrected chi connectivity index (χ0v) is 53.4. The summed E-state index contributed by atoms with van der Waals surface area (Å²) in [4.78, 5) is 92.7. The van der Waals surface area contributed by atoms with Crippen molar-refractivity contribution in [1.82, 2.24) is 29.6 Å². The predicted octanol–water partition coefficient (Wildman–Crippen LogP) is 13.2. The lowest BCUT2D eigenvalue weighted by Crippen LogP contribution is -2.44. The quantitative estimate of drug-likeness (QED) is 0.105. The van der Waals surface area contributed by atoms with Crippen molar-refractivity contribution in [3.05, 3.63) is 144 Å². The van der Waals surface area contributed by atoms with Gasteiger partial charge in [0, 0.05) is 124 Å². The summed E-state index contributed by atoms with van der Waals surface area (Å²) in [5, 5.41) is 3.29. The van der Waals surface area contributed by atoms with Gasteiger partial charge in [-0.3, -0.25) is 38.7 Å². The van der Waals surface area contributed by atoms with Gasteiger partial charge in [0.1, 0.15) is 0 Å². The van der Waals surface area contributed by atoms with E-state index in [9.17, 15) is 28.8 Å². The van der Waals surface area contributed by atoms with Gasteiger partial charge in [-0.1, -0.05) is 61.1 Å². The minimum Gasteiger partial charge on any atom is -0.343 e. The van der Waals surface area contributed by atoms with Crippen LogP contribution in [0.3, 0.4) is 0 Å². The predicted molar refractivity (Wildman–Crippen MR) is 326 cm³/mol. The maximum Gasteiger partial charge on any atom is 0.295 e. The van der Waals surface area contributed by atoms with Gasteiger partial charge in [-0.2, -0.15) is 0 Å².